The summed E-state index contributed by atoms with van der Waals surface area (Å²) in [4.78, 5) is 0. The lowest BCUT2D eigenvalue weighted by molar-refractivity contribution is 0.434. The van der Waals surface area contributed by atoms with Crippen molar-refractivity contribution in [2.24, 2.45) is 0 Å². The first-order chi connectivity index (χ1) is 27.2. The molecule has 6 fully saturated rings. The average Bonchev–Trinajstić information content (AvgIpc) is 3.28. The fourth-order valence-corrected chi connectivity index (χ4v) is 13.2. The maximum absolute atomic E-state index is 2.80. The highest BCUT2D eigenvalue weighted by atomic mass is 14.3. The summed E-state index contributed by atoms with van der Waals surface area (Å²) in [5.74, 6) is 4.79. The van der Waals surface area contributed by atoms with Crippen LogP contribution in [-0.2, 0) is 0 Å². The van der Waals surface area contributed by atoms with Crippen LogP contribution < -0.4 is 0 Å². The minimum absolute atomic E-state index is 0.322. The summed E-state index contributed by atoms with van der Waals surface area (Å²) in [5.41, 5.74) is 15.2. The molecule has 0 radical (unpaired) electrons. The monoisotopic (exact) mass is 737 g/mol. The molecule has 55 heavy (non-hydrogen) atoms. The molecule has 0 aliphatic heterocycles. The number of rotatable bonds is 9. The Balaban J connectivity index is 1.25. The molecule has 0 unspecified atom stereocenters. The van der Waals surface area contributed by atoms with Crippen molar-refractivity contribution in [3.63, 3.8) is 0 Å². The molecule has 0 heterocycles. The summed E-state index contributed by atoms with van der Waals surface area (Å²) in [5, 5.41) is 0. The van der Waals surface area contributed by atoms with Crippen LogP contribution >= 0.6 is 0 Å². The third-order valence-electron chi connectivity index (χ3n) is 16.5. The van der Waals surface area contributed by atoms with E-state index < -0.39 is 0 Å². The predicted molar refractivity (Wildman–Crippen MR) is 235 cm³/mol. The van der Waals surface area contributed by atoms with Crippen molar-refractivity contribution in [1.29, 1.82) is 0 Å². The van der Waals surface area contributed by atoms with Crippen molar-refractivity contribution in [1.82, 2.24) is 0 Å². The second kappa shape index (κ2) is 18.5. The highest BCUT2D eigenvalue weighted by Crippen LogP contribution is 2.47. The fourth-order valence-electron chi connectivity index (χ4n) is 13.2. The van der Waals surface area contributed by atoms with Gasteiger partial charge in [0.1, 0.15) is 0 Å². The van der Waals surface area contributed by atoms with Gasteiger partial charge >= 0.3 is 0 Å². The van der Waals surface area contributed by atoms with E-state index >= 15 is 0 Å². The first-order valence-corrected chi connectivity index (χ1v) is 24.7. The van der Waals surface area contributed by atoms with Gasteiger partial charge in [0.25, 0.3) is 0 Å². The van der Waals surface area contributed by atoms with Crippen LogP contribution in [0.25, 0.3) is 0 Å². The zero-order chi connectivity index (χ0) is 36.8. The summed E-state index contributed by atoms with van der Waals surface area (Å²) < 4.78 is 0. The van der Waals surface area contributed by atoms with Crippen LogP contribution in [0.2, 0.25) is 0 Å². The standard InChI is InChI=1S/C55H76/c1-7-19-40(20-8-1)46-31-47(41-21-9-2-10-22-41)35-52(34-46)55(53-36-48(42-23-11-3-12-24-42)32-49(37-53)43-25-13-4-14-26-43)54-38-50(44-27-15-5-16-28-44)33-51(39-54)45-29-17-6-18-30-45/h31-45,55H,1-30H2. The van der Waals surface area contributed by atoms with Crippen LogP contribution in [0.3, 0.4) is 0 Å². The molecule has 0 spiro atoms. The molecule has 6 aliphatic carbocycles. The first-order valence-electron chi connectivity index (χ1n) is 24.7. The molecule has 0 heteroatoms. The van der Waals surface area contributed by atoms with Crippen molar-refractivity contribution in [3.8, 4) is 0 Å². The van der Waals surface area contributed by atoms with Gasteiger partial charge in [-0.05, 0) is 163 Å². The fraction of sp³-hybridized carbons (Fsp3) is 0.673. The second-order valence-corrected chi connectivity index (χ2v) is 20.2. The maximum atomic E-state index is 2.80. The van der Waals surface area contributed by atoms with Crippen LogP contribution in [0.4, 0.5) is 0 Å². The van der Waals surface area contributed by atoms with Gasteiger partial charge in [-0.2, -0.15) is 0 Å². The molecule has 3 aromatic rings. The Morgan fingerprint density at radius 3 is 0.545 bits per heavy atom. The Morgan fingerprint density at radius 1 is 0.218 bits per heavy atom. The van der Waals surface area contributed by atoms with Gasteiger partial charge in [0.2, 0.25) is 0 Å². The van der Waals surface area contributed by atoms with Crippen molar-refractivity contribution in [3.05, 3.63) is 105 Å². The van der Waals surface area contributed by atoms with Crippen LogP contribution in [-0.4, -0.2) is 0 Å². The predicted octanol–water partition coefficient (Wildman–Crippen LogP) is 17.2. The zero-order valence-corrected chi connectivity index (χ0v) is 35.0. The maximum Gasteiger partial charge on any atom is 0.0340 e. The molecule has 0 amide bonds. The van der Waals surface area contributed by atoms with Crippen LogP contribution in [0.15, 0.2) is 54.6 Å². The average molecular weight is 737 g/mol. The number of benzene rings is 3. The quantitative estimate of drug-likeness (QED) is 0.192. The lowest BCUT2D eigenvalue weighted by atomic mass is 9.73. The Bertz CT molecular complexity index is 1350. The Morgan fingerprint density at radius 2 is 0.382 bits per heavy atom. The third-order valence-corrected chi connectivity index (χ3v) is 16.5. The van der Waals surface area contributed by atoms with E-state index in [1.807, 2.05) is 0 Å². The van der Waals surface area contributed by atoms with Crippen molar-refractivity contribution in [2.75, 3.05) is 0 Å². The van der Waals surface area contributed by atoms with Crippen LogP contribution in [0.1, 0.15) is 284 Å². The first kappa shape index (κ1) is 38.2. The Labute approximate surface area is 337 Å². The summed E-state index contributed by atoms with van der Waals surface area (Å²) in [6.45, 7) is 0. The number of hydrogen-bond donors (Lipinski definition) is 0. The van der Waals surface area contributed by atoms with Gasteiger partial charge in [-0.25, -0.2) is 0 Å². The van der Waals surface area contributed by atoms with Crippen molar-refractivity contribution >= 4 is 0 Å². The topological polar surface area (TPSA) is 0 Å². The molecule has 6 saturated carbocycles. The van der Waals surface area contributed by atoms with Crippen molar-refractivity contribution < 1.29 is 0 Å². The van der Waals surface area contributed by atoms with Gasteiger partial charge in [-0.15, -0.1) is 0 Å². The lowest BCUT2D eigenvalue weighted by Crippen LogP contribution is -2.15. The molecule has 0 bridgehead atoms. The third kappa shape index (κ3) is 9.20. The van der Waals surface area contributed by atoms with Gasteiger partial charge in [-0.1, -0.05) is 170 Å². The van der Waals surface area contributed by atoms with Crippen LogP contribution in [0.5, 0.6) is 0 Å². The molecule has 6 aliphatic rings. The summed E-state index contributed by atoms with van der Waals surface area (Å²) in [7, 11) is 0. The summed E-state index contributed by atoms with van der Waals surface area (Å²) in [6, 6.07) is 25.1. The number of hydrogen-bond acceptors (Lipinski definition) is 0. The van der Waals surface area contributed by atoms with E-state index in [2.05, 4.69) is 54.6 Å². The van der Waals surface area contributed by atoms with E-state index in [0.717, 1.165) is 35.5 Å². The smallest absolute Gasteiger partial charge is 0.0340 e. The van der Waals surface area contributed by atoms with E-state index in [-0.39, 0.29) is 0 Å². The molecular weight excluding hydrogens is 661 g/mol. The van der Waals surface area contributed by atoms with E-state index in [1.165, 1.54) is 193 Å². The molecule has 9 rings (SSSR count). The zero-order valence-electron chi connectivity index (χ0n) is 35.0. The van der Waals surface area contributed by atoms with E-state index in [4.69, 9.17) is 0 Å². The molecule has 0 atom stereocenters. The van der Waals surface area contributed by atoms with Gasteiger partial charge in [-0.3, -0.25) is 0 Å². The van der Waals surface area contributed by atoms with E-state index in [9.17, 15) is 0 Å². The second-order valence-electron chi connectivity index (χ2n) is 20.2. The molecule has 0 N–H and O–H groups in total. The molecule has 0 aromatic heterocycles. The minimum Gasteiger partial charge on any atom is -0.0552 e. The molecule has 0 nitrogen and oxygen atoms in total. The Hall–Kier alpha value is -2.34. The van der Waals surface area contributed by atoms with Crippen molar-refractivity contribution in [2.45, 2.75) is 234 Å². The highest BCUT2D eigenvalue weighted by Gasteiger charge is 2.30. The van der Waals surface area contributed by atoms with Gasteiger partial charge in [0.05, 0.1) is 0 Å². The highest BCUT2D eigenvalue weighted by molar-refractivity contribution is 5.52. The Kier molecular flexibility index (Phi) is 12.8. The lowest BCUT2D eigenvalue weighted by Gasteiger charge is -2.32. The van der Waals surface area contributed by atoms with E-state index in [1.54, 1.807) is 50.1 Å². The molecular formula is C55H76. The summed E-state index contributed by atoms with van der Waals surface area (Å²) >= 11 is 0. The molecule has 0 saturated heterocycles. The van der Waals surface area contributed by atoms with Crippen LogP contribution in [0, 0.1) is 0 Å². The van der Waals surface area contributed by atoms with E-state index in [0.29, 0.717) is 5.92 Å². The van der Waals surface area contributed by atoms with Gasteiger partial charge < -0.3 is 0 Å². The van der Waals surface area contributed by atoms with Gasteiger partial charge in [0.15, 0.2) is 0 Å². The molecule has 3 aromatic carbocycles. The molecule has 296 valence electrons. The SMILES string of the molecule is c1c(C2CCCCC2)cc(C(c2cc(C3CCCCC3)cc(C3CCCCC3)c2)c2cc(C3CCCCC3)cc(C3CCCCC3)c2)cc1C1CCCCC1. The largest absolute Gasteiger partial charge is 0.0552 e. The summed E-state index contributed by atoms with van der Waals surface area (Å²) in [6.07, 6.45) is 42.3. The normalized spacial score (nSPS) is 23.7. The minimum atomic E-state index is 0.322. The van der Waals surface area contributed by atoms with Gasteiger partial charge in [0, 0.05) is 5.92 Å².